The van der Waals surface area contributed by atoms with Gasteiger partial charge in [0.15, 0.2) is 0 Å². The quantitative estimate of drug-likeness (QED) is 0.500. The SMILES string of the molecule is N/C(I)=C(\N)C(F)(F)F. The minimum absolute atomic E-state index is 0.430. The van der Waals surface area contributed by atoms with Gasteiger partial charge in [-0.2, -0.15) is 13.2 Å². The summed E-state index contributed by atoms with van der Waals surface area (Å²) in [7, 11) is 0. The average molecular weight is 252 g/mol. The van der Waals surface area contributed by atoms with Gasteiger partial charge in [-0.15, -0.1) is 0 Å². The first-order valence-electron chi connectivity index (χ1n) is 1.83. The van der Waals surface area contributed by atoms with Crippen molar-refractivity contribution in [1.29, 1.82) is 0 Å². The van der Waals surface area contributed by atoms with Crippen LogP contribution in [-0.2, 0) is 0 Å². The van der Waals surface area contributed by atoms with Crippen molar-refractivity contribution in [3.05, 3.63) is 9.40 Å². The van der Waals surface area contributed by atoms with Crippen molar-refractivity contribution in [3.8, 4) is 0 Å². The largest absolute Gasteiger partial charge is 0.433 e. The number of allylic oxidation sites excluding steroid dienone is 1. The Labute approximate surface area is 63.2 Å². The van der Waals surface area contributed by atoms with Gasteiger partial charge in [-0.25, -0.2) is 0 Å². The first-order valence-corrected chi connectivity index (χ1v) is 2.91. The van der Waals surface area contributed by atoms with Gasteiger partial charge in [0.05, 0.1) is 3.70 Å². The molecule has 0 unspecified atom stereocenters. The van der Waals surface area contributed by atoms with Crippen molar-refractivity contribution >= 4 is 22.6 Å². The lowest BCUT2D eigenvalue weighted by Gasteiger charge is -2.05. The molecule has 0 saturated carbocycles. The molecular formula is C3H4F3IN2. The Balaban J connectivity index is 4.40. The van der Waals surface area contributed by atoms with Crippen LogP contribution >= 0.6 is 22.6 Å². The molecule has 0 aromatic heterocycles. The minimum atomic E-state index is -4.49. The van der Waals surface area contributed by atoms with Crippen molar-refractivity contribution in [2.75, 3.05) is 0 Å². The van der Waals surface area contributed by atoms with Crippen LogP contribution in [-0.4, -0.2) is 6.18 Å². The molecule has 0 amide bonds. The summed E-state index contributed by atoms with van der Waals surface area (Å²) in [6.45, 7) is 0. The Kier molecular flexibility index (Phi) is 2.59. The Morgan fingerprint density at radius 2 is 1.56 bits per heavy atom. The monoisotopic (exact) mass is 252 g/mol. The summed E-state index contributed by atoms with van der Waals surface area (Å²) in [4.78, 5) is 0. The van der Waals surface area contributed by atoms with Crippen molar-refractivity contribution < 1.29 is 13.2 Å². The summed E-state index contributed by atoms with van der Waals surface area (Å²) in [5.74, 6) is 0. The first kappa shape index (κ1) is 8.86. The molecule has 0 atom stereocenters. The minimum Gasteiger partial charge on any atom is -0.393 e. The molecule has 0 radical (unpaired) electrons. The molecule has 0 aliphatic heterocycles. The molecule has 0 aliphatic carbocycles. The van der Waals surface area contributed by atoms with Crippen LogP contribution in [0.2, 0.25) is 0 Å². The number of rotatable bonds is 0. The summed E-state index contributed by atoms with van der Waals surface area (Å²) >= 11 is 1.31. The van der Waals surface area contributed by atoms with Gasteiger partial charge in [0.1, 0.15) is 5.70 Å². The Hall–Kier alpha value is -0.140. The van der Waals surface area contributed by atoms with Crippen LogP contribution in [0.1, 0.15) is 0 Å². The predicted molar refractivity (Wildman–Crippen MR) is 35.5 cm³/mol. The third-order valence-electron chi connectivity index (χ3n) is 0.563. The van der Waals surface area contributed by atoms with Gasteiger partial charge in [0.2, 0.25) is 0 Å². The zero-order valence-corrected chi connectivity index (χ0v) is 6.32. The highest BCUT2D eigenvalue weighted by Crippen LogP contribution is 2.24. The van der Waals surface area contributed by atoms with Gasteiger partial charge in [0.25, 0.3) is 0 Å². The van der Waals surface area contributed by atoms with Crippen LogP contribution in [0.5, 0.6) is 0 Å². The van der Waals surface area contributed by atoms with Crippen LogP contribution in [0, 0.1) is 0 Å². The van der Waals surface area contributed by atoms with E-state index in [0.717, 1.165) is 0 Å². The molecule has 0 aromatic rings. The summed E-state index contributed by atoms with van der Waals surface area (Å²) in [5.41, 5.74) is 8.03. The lowest BCUT2D eigenvalue weighted by Crippen LogP contribution is -2.22. The maximum absolute atomic E-state index is 11.4. The van der Waals surface area contributed by atoms with Gasteiger partial charge >= 0.3 is 6.18 Å². The fraction of sp³-hybridized carbons (Fsp3) is 0.333. The molecule has 9 heavy (non-hydrogen) atoms. The van der Waals surface area contributed by atoms with Crippen LogP contribution in [0.3, 0.4) is 0 Å². The molecule has 4 N–H and O–H groups in total. The van der Waals surface area contributed by atoms with Gasteiger partial charge in [-0.05, 0) is 22.6 Å². The number of alkyl halides is 3. The highest BCUT2D eigenvalue weighted by Gasteiger charge is 2.33. The molecule has 0 heterocycles. The molecule has 0 aromatic carbocycles. The molecule has 0 spiro atoms. The van der Waals surface area contributed by atoms with E-state index in [0.29, 0.717) is 0 Å². The second-order valence-corrected chi connectivity index (χ2v) is 2.42. The number of nitrogens with two attached hydrogens (primary N) is 2. The van der Waals surface area contributed by atoms with Crippen LogP contribution in [0.25, 0.3) is 0 Å². The predicted octanol–water partition coefficient (Wildman–Crippen LogP) is 1.07. The maximum Gasteiger partial charge on any atom is 0.433 e. The van der Waals surface area contributed by atoms with E-state index in [-0.39, 0.29) is 0 Å². The molecule has 6 heteroatoms. The van der Waals surface area contributed by atoms with Crippen LogP contribution in [0.15, 0.2) is 9.40 Å². The Morgan fingerprint density at radius 3 is 1.56 bits per heavy atom. The van der Waals surface area contributed by atoms with E-state index in [1.165, 1.54) is 22.6 Å². The van der Waals surface area contributed by atoms with Gasteiger partial charge in [-0.1, -0.05) is 0 Å². The lowest BCUT2D eigenvalue weighted by molar-refractivity contribution is -0.0929. The highest BCUT2D eigenvalue weighted by atomic mass is 127. The normalized spacial score (nSPS) is 15.1. The van der Waals surface area contributed by atoms with E-state index < -0.39 is 15.6 Å². The fourth-order valence-corrected chi connectivity index (χ4v) is 0.441. The Bertz CT molecular complexity index is 134. The summed E-state index contributed by atoms with van der Waals surface area (Å²) in [5, 5.41) is 0. The molecule has 54 valence electrons. The first-order chi connectivity index (χ1) is 3.85. The van der Waals surface area contributed by atoms with E-state index in [1.807, 2.05) is 0 Å². The molecule has 0 aliphatic rings. The molecule has 0 saturated heterocycles. The summed E-state index contributed by atoms with van der Waals surface area (Å²) < 4.78 is 33.9. The second-order valence-electron chi connectivity index (χ2n) is 1.26. The van der Waals surface area contributed by atoms with Crippen LogP contribution in [0.4, 0.5) is 13.2 Å². The van der Waals surface area contributed by atoms with Gasteiger partial charge < -0.3 is 11.5 Å². The smallest absolute Gasteiger partial charge is 0.393 e. The van der Waals surface area contributed by atoms with E-state index in [2.05, 4.69) is 5.73 Å². The average Bonchev–Trinajstić information content (AvgIpc) is 1.62. The van der Waals surface area contributed by atoms with Gasteiger partial charge in [-0.3, -0.25) is 0 Å². The fourth-order valence-electron chi connectivity index (χ4n) is 0.135. The maximum atomic E-state index is 11.4. The third kappa shape index (κ3) is 2.78. The molecule has 0 bridgehead atoms. The second kappa shape index (κ2) is 2.63. The molecular weight excluding hydrogens is 248 g/mol. The topological polar surface area (TPSA) is 52.0 Å². The van der Waals surface area contributed by atoms with E-state index in [9.17, 15) is 13.2 Å². The summed E-state index contributed by atoms with van der Waals surface area (Å²) in [6.07, 6.45) is -4.49. The van der Waals surface area contributed by atoms with E-state index in [4.69, 9.17) is 5.73 Å². The van der Waals surface area contributed by atoms with Gasteiger partial charge in [0, 0.05) is 0 Å². The zero-order chi connectivity index (χ0) is 7.65. The highest BCUT2D eigenvalue weighted by molar-refractivity contribution is 14.1. The van der Waals surface area contributed by atoms with Crippen molar-refractivity contribution in [3.63, 3.8) is 0 Å². The summed E-state index contributed by atoms with van der Waals surface area (Å²) in [6, 6.07) is 0. The van der Waals surface area contributed by atoms with Crippen molar-refractivity contribution in [2.24, 2.45) is 11.5 Å². The number of hydrogen-bond donors (Lipinski definition) is 2. The third-order valence-corrected chi connectivity index (χ3v) is 1.14. The zero-order valence-electron chi connectivity index (χ0n) is 4.17. The lowest BCUT2D eigenvalue weighted by atomic mass is 10.5. The Morgan fingerprint density at radius 1 is 1.22 bits per heavy atom. The van der Waals surface area contributed by atoms with E-state index in [1.54, 1.807) is 0 Å². The molecule has 2 nitrogen and oxygen atoms in total. The van der Waals surface area contributed by atoms with E-state index >= 15 is 0 Å². The number of halogens is 4. The van der Waals surface area contributed by atoms with Crippen molar-refractivity contribution in [1.82, 2.24) is 0 Å². The van der Waals surface area contributed by atoms with Crippen molar-refractivity contribution in [2.45, 2.75) is 6.18 Å². The number of hydrogen-bond acceptors (Lipinski definition) is 2. The van der Waals surface area contributed by atoms with Crippen LogP contribution < -0.4 is 11.5 Å². The molecule has 0 fully saturated rings. The standard InChI is InChI=1S/C3H4F3IN2/c4-3(5,6)1(8)2(7)9/h8-9H2/b2-1-. The molecule has 0 rings (SSSR count).